The lowest BCUT2D eigenvalue weighted by molar-refractivity contribution is 0.0781. The number of benzene rings is 1. The summed E-state index contributed by atoms with van der Waals surface area (Å²) < 4.78 is 0. The zero-order valence-corrected chi connectivity index (χ0v) is 13.2. The van der Waals surface area contributed by atoms with E-state index in [0.717, 1.165) is 37.3 Å². The molecule has 0 spiro atoms. The highest BCUT2D eigenvalue weighted by Crippen LogP contribution is 2.22. The minimum absolute atomic E-state index is 0.0197. The van der Waals surface area contributed by atoms with Crippen molar-refractivity contribution < 1.29 is 4.79 Å². The first-order valence-corrected chi connectivity index (χ1v) is 7.80. The van der Waals surface area contributed by atoms with Gasteiger partial charge in [-0.2, -0.15) is 5.10 Å². The number of carbonyl (C=O) groups excluding carboxylic acids is 1. The number of hydrogen-bond donors (Lipinski definition) is 2. The van der Waals surface area contributed by atoms with Gasteiger partial charge in [0.25, 0.3) is 5.91 Å². The standard InChI is InChI=1S/C16H19ClN4O/c1-18-9-11-6-7-21(10-11)16(22)15-8-14(19-20-15)12-2-4-13(17)5-3-12/h2-5,8,11,18H,6-7,9-10H2,1H3,(H,19,20)/t11-/m1/s1. The van der Waals surface area contributed by atoms with Crippen molar-refractivity contribution in [3.63, 3.8) is 0 Å². The molecule has 1 amide bonds. The van der Waals surface area contributed by atoms with Crippen LogP contribution in [0.2, 0.25) is 5.02 Å². The predicted octanol–water partition coefficient (Wildman–Crippen LogP) is 2.41. The molecule has 6 heteroatoms. The van der Waals surface area contributed by atoms with Gasteiger partial charge in [0.1, 0.15) is 5.69 Å². The Hall–Kier alpha value is -1.85. The number of aromatic amines is 1. The Morgan fingerprint density at radius 1 is 1.45 bits per heavy atom. The minimum Gasteiger partial charge on any atom is -0.337 e. The van der Waals surface area contributed by atoms with Crippen LogP contribution in [-0.2, 0) is 0 Å². The third-order valence-electron chi connectivity index (χ3n) is 4.01. The van der Waals surface area contributed by atoms with Crippen LogP contribution in [0, 0.1) is 5.92 Å². The summed E-state index contributed by atoms with van der Waals surface area (Å²) in [5, 5.41) is 10.9. The van der Waals surface area contributed by atoms with Crippen molar-refractivity contribution in [3.8, 4) is 11.3 Å². The van der Waals surface area contributed by atoms with E-state index >= 15 is 0 Å². The lowest BCUT2D eigenvalue weighted by Crippen LogP contribution is -2.30. The van der Waals surface area contributed by atoms with Gasteiger partial charge in [-0.1, -0.05) is 23.7 Å². The molecule has 1 saturated heterocycles. The Labute approximate surface area is 134 Å². The number of carbonyl (C=O) groups is 1. The predicted molar refractivity (Wildman–Crippen MR) is 87.0 cm³/mol. The average molecular weight is 319 g/mol. The van der Waals surface area contributed by atoms with Crippen molar-refractivity contribution in [2.75, 3.05) is 26.7 Å². The van der Waals surface area contributed by atoms with Crippen molar-refractivity contribution in [1.82, 2.24) is 20.4 Å². The van der Waals surface area contributed by atoms with E-state index in [2.05, 4.69) is 15.5 Å². The smallest absolute Gasteiger partial charge is 0.271 e. The monoisotopic (exact) mass is 318 g/mol. The number of aromatic nitrogens is 2. The van der Waals surface area contributed by atoms with Gasteiger partial charge in [0.05, 0.1) is 5.69 Å². The Morgan fingerprint density at radius 2 is 2.23 bits per heavy atom. The van der Waals surface area contributed by atoms with Crippen molar-refractivity contribution in [2.45, 2.75) is 6.42 Å². The number of hydrogen-bond acceptors (Lipinski definition) is 3. The van der Waals surface area contributed by atoms with Crippen LogP contribution < -0.4 is 5.32 Å². The largest absolute Gasteiger partial charge is 0.337 e. The van der Waals surface area contributed by atoms with E-state index in [9.17, 15) is 4.79 Å². The Morgan fingerprint density at radius 3 is 2.95 bits per heavy atom. The Bertz CT molecular complexity index is 652. The number of halogens is 1. The molecule has 0 radical (unpaired) electrons. The molecule has 1 aromatic heterocycles. The summed E-state index contributed by atoms with van der Waals surface area (Å²) in [6, 6.07) is 9.22. The Kier molecular flexibility index (Phi) is 4.45. The van der Waals surface area contributed by atoms with Crippen molar-refractivity contribution >= 4 is 17.5 Å². The van der Waals surface area contributed by atoms with Gasteiger partial charge < -0.3 is 10.2 Å². The molecule has 1 atom stereocenters. The van der Waals surface area contributed by atoms with Gasteiger partial charge >= 0.3 is 0 Å². The van der Waals surface area contributed by atoms with E-state index in [0.29, 0.717) is 16.6 Å². The van der Waals surface area contributed by atoms with Gasteiger partial charge in [-0.25, -0.2) is 0 Å². The molecule has 5 nitrogen and oxygen atoms in total. The van der Waals surface area contributed by atoms with E-state index in [1.807, 2.05) is 36.2 Å². The maximum atomic E-state index is 12.5. The first kappa shape index (κ1) is 15.1. The number of nitrogens with one attached hydrogen (secondary N) is 2. The van der Waals surface area contributed by atoms with E-state index in [-0.39, 0.29) is 5.91 Å². The first-order valence-electron chi connectivity index (χ1n) is 7.42. The number of H-pyrrole nitrogens is 1. The van der Waals surface area contributed by atoms with Gasteiger partial charge in [-0.05, 0) is 44.1 Å². The summed E-state index contributed by atoms with van der Waals surface area (Å²) in [7, 11) is 1.94. The number of nitrogens with zero attached hydrogens (tertiary/aromatic N) is 2. The highest BCUT2D eigenvalue weighted by atomic mass is 35.5. The average Bonchev–Trinajstić information content (AvgIpc) is 3.17. The van der Waals surface area contributed by atoms with Crippen LogP contribution in [0.15, 0.2) is 30.3 Å². The second-order valence-electron chi connectivity index (χ2n) is 5.64. The zero-order chi connectivity index (χ0) is 15.5. The van der Waals surface area contributed by atoms with Gasteiger partial charge in [-0.3, -0.25) is 9.89 Å². The number of amides is 1. The molecule has 1 aliphatic rings. The fourth-order valence-corrected chi connectivity index (χ4v) is 2.97. The zero-order valence-electron chi connectivity index (χ0n) is 12.5. The molecule has 0 unspecified atom stereocenters. The second-order valence-corrected chi connectivity index (χ2v) is 6.07. The number of likely N-dealkylation sites (tertiary alicyclic amines) is 1. The maximum absolute atomic E-state index is 12.5. The Balaban J connectivity index is 1.71. The van der Waals surface area contributed by atoms with Crippen molar-refractivity contribution in [1.29, 1.82) is 0 Å². The molecule has 2 aromatic rings. The fraction of sp³-hybridized carbons (Fsp3) is 0.375. The molecule has 2 N–H and O–H groups in total. The van der Waals surface area contributed by atoms with Crippen LogP contribution in [0.1, 0.15) is 16.9 Å². The van der Waals surface area contributed by atoms with Gasteiger partial charge in [-0.15, -0.1) is 0 Å². The molecule has 1 aliphatic heterocycles. The minimum atomic E-state index is 0.0197. The molecular weight excluding hydrogens is 300 g/mol. The third kappa shape index (κ3) is 3.15. The number of rotatable bonds is 4. The lowest BCUT2D eigenvalue weighted by atomic mass is 10.1. The SMILES string of the molecule is CNC[C@H]1CCN(C(=O)c2cc(-c3ccc(Cl)cc3)n[nH]2)C1. The molecule has 0 aliphatic carbocycles. The summed E-state index contributed by atoms with van der Waals surface area (Å²) in [6.07, 6.45) is 1.05. The summed E-state index contributed by atoms with van der Waals surface area (Å²) in [4.78, 5) is 14.4. The van der Waals surface area contributed by atoms with Crippen LogP contribution >= 0.6 is 11.6 Å². The van der Waals surface area contributed by atoms with Gasteiger partial charge in [0.15, 0.2) is 0 Å². The van der Waals surface area contributed by atoms with Gasteiger partial charge in [0, 0.05) is 23.7 Å². The third-order valence-corrected chi connectivity index (χ3v) is 4.27. The summed E-state index contributed by atoms with van der Waals surface area (Å²) >= 11 is 5.89. The van der Waals surface area contributed by atoms with Crippen molar-refractivity contribution in [3.05, 3.63) is 41.0 Å². The lowest BCUT2D eigenvalue weighted by Gasteiger charge is -2.15. The molecule has 0 bridgehead atoms. The normalized spacial score (nSPS) is 17.9. The van der Waals surface area contributed by atoms with E-state index in [1.165, 1.54) is 0 Å². The topological polar surface area (TPSA) is 61.0 Å². The van der Waals surface area contributed by atoms with Crippen LogP contribution in [0.4, 0.5) is 0 Å². The summed E-state index contributed by atoms with van der Waals surface area (Å²) in [6.45, 7) is 2.55. The van der Waals surface area contributed by atoms with Crippen LogP contribution in [0.3, 0.4) is 0 Å². The molecule has 116 valence electrons. The van der Waals surface area contributed by atoms with Crippen LogP contribution in [0.25, 0.3) is 11.3 Å². The highest BCUT2D eigenvalue weighted by molar-refractivity contribution is 6.30. The van der Waals surface area contributed by atoms with Crippen LogP contribution in [0.5, 0.6) is 0 Å². The van der Waals surface area contributed by atoms with Crippen LogP contribution in [-0.4, -0.2) is 47.7 Å². The molecule has 2 heterocycles. The van der Waals surface area contributed by atoms with E-state index < -0.39 is 0 Å². The molecular formula is C16H19ClN4O. The second kappa shape index (κ2) is 6.50. The van der Waals surface area contributed by atoms with E-state index in [1.54, 1.807) is 6.07 Å². The van der Waals surface area contributed by atoms with Crippen molar-refractivity contribution in [2.24, 2.45) is 5.92 Å². The highest BCUT2D eigenvalue weighted by Gasteiger charge is 2.27. The van der Waals surface area contributed by atoms with E-state index in [4.69, 9.17) is 11.6 Å². The molecule has 1 aromatic carbocycles. The van der Waals surface area contributed by atoms with Gasteiger partial charge in [0.2, 0.25) is 0 Å². The molecule has 22 heavy (non-hydrogen) atoms. The molecule has 0 saturated carbocycles. The summed E-state index contributed by atoms with van der Waals surface area (Å²) in [5.41, 5.74) is 2.23. The fourth-order valence-electron chi connectivity index (χ4n) is 2.84. The molecule has 1 fully saturated rings. The maximum Gasteiger partial charge on any atom is 0.271 e. The first-order chi connectivity index (χ1) is 10.7. The molecule has 3 rings (SSSR count). The quantitative estimate of drug-likeness (QED) is 0.910. The summed E-state index contributed by atoms with van der Waals surface area (Å²) in [5.74, 6) is 0.555.